The molecule has 2 aromatic heterocycles. The summed E-state index contributed by atoms with van der Waals surface area (Å²) in [5.41, 5.74) is 6.55. The lowest BCUT2D eigenvalue weighted by atomic mass is 9.84. The molecule has 0 unspecified atom stereocenters. The lowest BCUT2D eigenvalue weighted by Gasteiger charge is -2.22. The number of nitrogens with zero attached hydrogens (tertiary/aromatic N) is 3. The topological polar surface area (TPSA) is 71.3 Å². The SMILES string of the molecule is O=C(NCc1ccc(CNc2cc(-c3ccccc3Cl)nc3c(Br)cnn23)cc1)c1ccc(C2CCCCC2)cc1. The summed E-state index contributed by atoms with van der Waals surface area (Å²) < 4.78 is 2.58. The molecule has 208 valence electrons. The molecule has 3 aromatic carbocycles. The van der Waals surface area contributed by atoms with Crippen LogP contribution in [0.5, 0.6) is 0 Å². The van der Waals surface area contributed by atoms with Gasteiger partial charge in [-0.25, -0.2) is 4.98 Å². The van der Waals surface area contributed by atoms with Crippen LogP contribution in [0.4, 0.5) is 5.82 Å². The number of benzene rings is 3. The summed E-state index contributed by atoms with van der Waals surface area (Å²) in [7, 11) is 0. The summed E-state index contributed by atoms with van der Waals surface area (Å²) in [5.74, 6) is 1.40. The fraction of sp³-hybridized carbons (Fsp3) is 0.242. The Morgan fingerprint density at radius 2 is 1.63 bits per heavy atom. The summed E-state index contributed by atoms with van der Waals surface area (Å²) in [6.45, 7) is 1.07. The highest BCUT2D eigenvalue weighted by molar-refractivity contribution is 9.10. The minimum absolute atomic E-state index is 0.0488. The Labute approximate surface area is 253 Å². The molecule has 1 fully saturated rings. The zero-order chi connectivity index (χ0) is 28.2. The number of carbonyl (C=O) groups excluding carboxylic acids is 1. The summed E-state index contributed by atoms with van der Waals surface area (Å²) in [6, 6.07) is 26.0. The van der Waals surface area contributed by atoms with Gasteiger partial charge in [-0.2, -0.15) is 9.61 Å². The van der Waals surface area contributed by atoms with Crippen molar-refractivity contribution in [2.45, 2.75) is 51.1 Å². The molecule has 0 radical (unpaired) electrons. The fourth-order valence-corrected chi connectivity index (χ4v) is 6.04. The van der Waals surface area contributed by atoms with Crippen molar-refractivity contribution >= 4 is 44.9 Å². The Hall–Kier alpha value is -3.68. The summed E-state index contributed by atoms with van der Waals surface area (Å²) in [6.07, 6.45) is 8.21. The lowest BCUT2D eigenvalue weighted by Crippen LogP contribution is -2.22. The predicted octanol–water partition coefficient (Wildman–Crippen LogP) is 8.40. The van der Waals surface area contributed by atoms with Gasteiger partial charge in [-0.15, -0.1) is 0 Å². The third kappa shape index (κ3) is 6.31. The van der Waals surface area contributed by atoms with Crippen LogP contribution < -0.4 is 10.6 Å². The van der Waals surface area contributed by atoms with E-state index in [9.17, 15) is 4.79 Å². The van der Waals surface area contributed by atoms with E-state index in [0.717, 1.165) is 32.7 Å². The minimum atomic E-state index is -0.0488. The Morgan fingerprint density at radius 3 is 2.37 bits per heavy atom. The van der Waals surface area contributed by atoms with Crippen LogP contribution >= 0.6 is 27.5 Å². The molecule has 6 nitrogen and oxygen atoms in total. The van der Waals surface area contributed by atoms with E-state index in [0.29, 0.717) is 35.2 Å². The van der Waals surface area contributed by atoms with Gasteiger partial charge in [0.15, 0.2) is 5.65 Å². The highest BCUT2D eigenvalue weighted by Crippen LogP contribution is 2.33. The molecular formula is C33H31BrClN5O. The van der Waals surface area contributed by atoms with Gasteiger partial charge in [0.2, 0.25) is 0 Å². The molecule has 6 rings (SSSR count). The van der Waals surface area contributed by atoms with Gasteiger partial charge in [-0.05, 0) is 69.6 Å². The Bertz CT molecular complexity index is 1660. The third-order valence-electron chi connectivity index (χ3n) is 7.78. The quantitative estimate of drug-likeness (QED) is 0.181. The first-order valence-corrected chi connectivity index (χ1v) is 15.2. The zero-order valence-corrected chi connectivity index (χ0v) is 25.0. The Morgan fingerprint density at radius 1 is 0.927 bits per heavy atom. The van der Waals surface area contributed by atoms with E-state index in [1.54, 1.807) is 10.7 Å². The van der Waals surface area contributed by atoms with E-state index in [-0.39, 0.29) is 5.91 Å². The highest BCUT2D eigenvalue weighted by Gasteiger charge is 2.16. The third-order valence-corrected chi connectivity index (χ3v) is 8.67. The molecule has 1 aliphatic rings. The molecule has 0 spiro atoms. The van der Waals surface area contributed by atoms with Gasteiger partial charge in [0, 0.05) is 35.3 Å². The maximum Gasteiger partial charge on any atom is 0.251 e. The molecule has 5 aromatic rings. The molecule has 0 aliphatic heterocycles. The molecule has 0 atom stereocenters. The molecular weight excluding hydrogens is 598 g/mol. The van der Waals surface area contributed by atoms with Crippen LogP contribution in [-0.4, -0.2) is 20.5 Å². The number of anilines is 1. The Kier molecular flexibility index (Phi) is 8.35. The normalized spacial score (nSPS) is 13.8. The van der Waals surface area contributed by atoms with Crippen molar-refractivity contribution in [2.75, 3.05) is 5.32 Å². The van der Waals surface area contributed by atoms with Crippen molar-refractivity contribution in [3.05, 3.63) is 117 Å². The van der Waals surface area contributed by atoms with Gasteiger partial charge in [0.25, 0.3) is 5.91 Å². The first-order chi connectivity index (χ1) is 20.0. The molecule has 2 heterocycles. The van der Waals surface area contributed by atoms with Crippen LogP contribution in [0, 0.1) is 0 Å². The Balaban J connectivity index is 1.08. The molecule has 0 saturated heterocycles. The summed E-state index contributed by atoms with van der Waals surface area (Å²) in [4.78, 5) is 17.5. The van der Waals surface area contributed by atoms with Crippen LogP contribution in [0.2, 0.25) is 5.02 Å². The number of hydrogen-bond acceptors (Lipinski definition) is 4. The average Bonchev–Trinajstić information content (AvgIpc) is 3.40. The number of nitrogens with one attached hydrogen (secondary N) is 2. The van der Waals surface area contributed by atoms with Gasteiger partial charge in [0.05, 0.1) is 16.4 Å². The number of fused-ring (bicyclic) bond motifs is 1. The molecule has 1 aliphatic carbocycles. The van der Waals surface area contributed by atoms with Crippen molar-refractivity contribution in [3.8, 4) is 11.3 Å². The van der Waals surface area contributed by atoms with E-state index >= 15 is 0 Å². The van der Waals surface area contributed by atoms with Gasteiger partial charge in [-0.3, -0.25) is 4.79 Å². The van der Waals surface area contributed by atoms with Crippen molar-refractivity contribution in [1.29, 1.82) is 0 Å². The number of aromatic nitrogens is 3. The van der Waals surface area contributed by atoms with Crippen molar-refractivity contribution in [3.63, 3.8) is 0 Å². The van der Waals surface area contributed by atoms with Gasteiger partial charge in [-0.1, -0.05) is 85.5 Å². The predicted molar refractivity (Wildman–Crippen MR) is 168 cm³/mol. The minimum Gasteiger partial charge on any atom is -0.366 e. The first kappa shape index (κ1) is 27.5. The molecule has 8 heteroatoms. The molecule has 2 N–H and O–H groups in total. The van der Waals surface area contributed by atoms with Gasteiger partial charge >= 0.3 is 0 Å². The molecule has 1 saturated carbocycles. The molecule has 0 bridgehead atoms. The number of rotatable bonds is 8. The number of amides is 1. The first-order valence-electron chi connectivity index (χ1n) is 14.0. The zero-order valence-electron chi connectivity index (χ0n) is 22.6. The van der Waals surface area contributed by atoms with E-state index in [2.05, 4.69) is 55.9 Å². The standard InChI is InChI=1S/C33H31BrClN5O/c34-28-21-38-40-31(18-30(39-32(28)40)27-8-4-5-9-29(27)35)36-19-22-10-12-23(13-11-22)20-37-33(41)26-16-14-25(15-17-26)24-6-2-1-3-7-24/h4-5,8-18,21,24,36H,1-3,6-7,19-20H2,(H,37,41). The van der Waals surface area contributed by atoms with Gasteiger partial charge < -0.3 is 10.6 Å². The maximum absolute atomic E-state index is 12.7. The fourth-order valence-electron chi connectivity index (χ4n) is 5.46. The van der Waals surface area contributed by atoms with Crippen LogP contribution in [0.3, 0.4) is 0 Å². The molecule has 41 heavy (non-hydrogen) atoms. The van der Waals surface area contributed by atoms with Crippen molar-refractivity contribution in [2.24, 2.45) is 0 Å². The number of halogens is 2. The van der Waals surface area contributed by atoms with Crippen LogP contribution in [0.1, 0.15) is 65.1 Å². The summed E-state index contributed by atoms with van der Waals surface area (Å²) in [5, 5.41) is 11.7. The maximum atomic E-state index is 12.7. The second kappa shape index (κ2) is 12.5. The molecule has 1 amide bonds. The average molecular weight is 629 g/mol. The van der Waals surface area contributed by atoms with E-state index < -0.39 is 0 Å². The van der Waals surface area contributed by atoms with Crippen LogP contribution in [0.15, 0.2) is 89.5 Å². The smallest absolute Gasteiger partial charge is 0.251 e. The number of carbonyl (C=O) groups is 1. The second-order valence-electron chi connectivity index (χ2n) is 10.5. The van der Waals surface area contributed by atoms with E-state index in [4.69, 9.17) is 16.6 Å². The van der Waals surface area contributed by atoms with Crippen LogP contribution in [0.25, 0.3) is 16.9 Å². The highest BCUT2D eigenvalue weighted by atomic mass is 79.9. The van der Waals surface area contributed by atoms with E-state index in [1.165, 1.54) is 37.7 Å². The summed E-state index contributed by atoms with van der Waals surface area (Å²) >= 11 is 10.0. The second-order valence-corrected chi connectivity index (χ2v) is 11.8. The largest absolute Gasteiger partial charge is 0.366 e. The van der Waals surface area contributed by atoms with E-state index in [1.807, 2.05) is 54.6 Å². The van der Waals surface area contributed by atoms with Crippen molar-refractivity contribution in [1.82, 2.24) is 19.9 Å². The van der Waals surface area contributed by atoms with Crippen LogP contribution in [-0.2, 0) is 13.1 Å². The van der Waals surface area contributed by atoms with Gasteiger partial charge in [0.1, 0.15) is 5.82 Å². The lowest BCUT2D eigenvalue weighted by molar-refractivity contribution is 0.0951. The number of hydrogen-bond donors (Lipinski definition) is 2. The monoisotopic (exact) mass is 627 g/mol. The van der Waals surface area contributed by atoms with Crippen molar-refractivity contribution < 1.29 is 4.79 Å².